The average molecular weight is 397 g/mol. The van der Waals surface area contributed by atoms with Crippen LogP contribution in [0.4, 0.5) is 0 Å². The van der Waals surface area contributed by atoms with Gasteiger partial charge in [0, 0.05) is 20.9 Å². The number of aromatic amines is 1. The van der Waals surface area contributed by atoms with Crippen molar-refractivity contribution in [3.05, 3.63) is 68.3 Å². The van der Waals surface area contributed by atoms with Crippen LogP contribution in [0.5, 0.6) is 0 Å². The molecule has 3 nitrogen and oxygen atoms in total. The lowest BCUT2D eigenvalue weighted by atomic mass is 10.0. The quantitative estimate of drug-likeness (QED) is 0.530. The Morgan fingerprint density at radius 2 is 1.84 bits per heavy atom. The van der Waals surface area contributed by atoms with E-state index < -0.39 is 5.97 Å². The molecule has 3 aromatic rings. The van der Waals surface area contributed by atoms with Gasteiger partial charge in [-0.1, -0.05) is 53.0 Å². The first-order valence-corrected chi connectivity index (χ1v) is 9.04. The summed E-state index contributed by atoms with van der Waals surface area (Å²) in [6.45, 7) is 2.07. The SMILES string of the molecule is CCOC(=O)c1[nH]c2cc(Cl)cc(Cl)c2c1CCc1ccccc1Cl. The van der Waals surface area contributed by atoms with E-state index in [0.717, 1.165) is 22.0 Å². The van der Waals surface area contributed by atoms with Crippen molar-refractivity contribution in [1.29, 1.82) is 0 Å². The largest absolute Gasteiger partial charge is 0.461 e. The second-order valence-electron chi connectivity index (χ2n) is 5.60. The van der Waals surface area contributed by atoms with Gasteiger partial charge in [0.25, 0.3) is 0 Å². The minimum Gasteiger partial charge on any atom is -0.461 e. The third kappa shape index (κ3) is 3.79. The number of H-pyrrole nitrogens is 1. The Balaban J connectivity index is 2.05. The molecule has 1 heterocycles. The van der Waals surface area contributed by atoms with E-state index in [0.29, 0.717) is 40.2 Å². The summed E-state index contributed by atoms with van der Waals surface area (Å²) in [5, 5.41) is 2.51. The van der Waals surface area contributed by atoms with Crippen molar-refractivity contribution in [1.82, 2.24) is 4.98 Å². The van der Waals surface area contributed by atoms with Gasteiger partial charge in [0.2, 0.25) is 0 Å². The summed E-state index contributed by atoms with van der Waals surface area (Å²) < 4.78 is 5.17. The van der Waals surface area contributed by atoms with Gasteiger partial charge in [-0.2, -0.15) is 0 Å². The van der Waals surface area contributed by atoms with Crippen LogP contribution < -0.4 is 0 Å². The predicted octanol–water partition coefficient (Wildman–Crippen LogP) is 6.09. The van der Waals surface area contributed by atoms with E-state index >= 15 is 0 Å². The van der Waals surface area contributed by atoms with Crippen molar-refractivity contribution in [3.63, 3.8) is 0 Å². The molecule has 0 fully saturated rings. The summed E-state index contributed by atoms with van der Waals surface area (Å²) in [5.41, 5.74) is 2.95. The van der Waals surface area contributed by atoms with E-state index in [2.05, 4.69) is 4.98 Å². The molecule has 0 unspecified atom stereocenters. The molecule has 130 valence electrons. The lowest BCUT2D eigenvalue weighted by Crippen LogP contribution is -2.08. The summed E-state index contributed by atoms with van der Waals surface area (Å²) in [5.74, 6) is -0.403. The third-order valence-electron chi connectivity index (χ3n) is 4.00. The van der Waals surface area contributed by atoms with Crippen LogP contribution in [0.1, 0.15) is 28.5 Å². The Morgan fingerprint density at radius 1 is 1.08 bits per heavy atom. The van der Waals surface area contributed by atoms with Gasteiger partial charge in [-0.05, 0) is 49.1 Å². The zero-order valence-corrected chi connectivity index (χ0v) is 15.8. The molecule has 6 heteroatoms. The van der Waals surface area contributed by atoms with Crippen molar-refractivity contribution in [2.24, 2.45) is 0 Å². The van der Waals surface area contributed by atoms with Gasteiger partial charge < -0.3 is 9.72 Å². The molecule has 0 bridgehead atoms. The molecule has 0 aliphatic rings. The monoisotopic (exact) mass is 395 g/mol. The second kappa shape index (κ2) is 7.69. The highest BCUT2D eigenvalue weighted by Crippen LogP contribution is 2.34. The number of rotatable bonds is 5. The fourth-order valence-corrected chi connectivity index (χ4v) is 3.74. The van der Waals surface area contributed by atoms with Crippen LogP contribution in [0, 0.1) is 0 Å². The number of carbonyl (C=O) groups excluding carboxylic acids is 1. The number of aromatic nitrogens is 1. The Morgan fingerprint density at radius 3 is 2.56 bits per heavy atom. The first-order valence-electron chi connectivity index (χ1n) is 7.91. The fourth-order valence-electron chi connectivity index (χ4n) is 2.90. The van der Waals surface area contributed by atoms with E-state index in [-0.39, 0.29) is 0 Å². The highest BCUT2D eigenvalue weighted by molar-refractivity contribution is 6.39. The highest BCUT2D eigenvalue weighted by atomic mass is 35.5. The van der Waals surface area contributed by atoms with Crippen LogP contribution in [0.15, 0.2) is 36.4 Å². The van der Waals surface area contributed by atoms with E-state index in [4.69, 9.17) is 39.5 Å². The first-order chi connectivity index (χ1) is 12.0. The summed E-state index contributed by atoms with van der Waals surface area (Å²) in [6.07, 6.45) is 1.28. The average Bonchev–Trinajstić information content (AvgIpc) is 2.93. The molecule has 0 amide bonds. The Hall–Kier alpha value is -1.68. The molecule has 3 rings (SSSR count). The van der Waals surface area contributed by atoms with Gasteiger partial charge >= 0.3 is 5.97 Å². The number of fused-ring (bicyclic) bond motifs is 1. The van der Waals surface area contributed by atoms with Gasteiger partial charge in [-0.3, -0.25) is 0 Å². The molecule has 25 heavy (non-hydrogen) atoms. The summed E-state index contributed by atoms with van der Waals surface area (Å²) in [7, 11) is 0. The number of benzene rings is 2. The maximum absolute atomic E-state index is 12.4. The smallest absolute Gasteiger partial charge is 0.355 e. The molecular formula is C19H16Cl3NO2. The number of halogens is 3. The number of hydrogen-bond acceptors (Lipinski definition) is 2. The normalized spacial score (nSPS) is 11.0. The molecule has 1 N–H and O–H groups in total. The van der Waals surface area contributed by atoms with Crippen molar-refractivity contribution >= 4 is 51.7 Å². The summed E-state index contributed by atoms with van der Waals surface area (Å²) in [4.78, 5) is 15.5. The molecule has 0 aliphatic carbocycles. The molecular weight excluding hydrogens is 381 g/mol. The molecule has 2 aromatic carbocycles. The molecule has 0 aliphatic heterocycles. The maximum Gasteiger partial charge on any atom is 0.355 e. The van der Waals surface area contributed by atoms with Crippen LogP contribution in [-0.2, 0) is 17.6 Å². The van der Waals surface area contributed by atoms with Gasteiger partial charge in [0.05, 0.1) is 11.6 Å². The molecule has 0 spiro atoms. The van der Waals surface area contributed by atoms with Crippen molar-refractivity contribution in [2.75, 3.05) is 6.61 Å². The maximum atomic E-state index is 12.4. The van der Waals surface area contributed by atoms with Gasteiger partial charge in [0.15, 0.2) is 0 Å². The first kappa shape index (κ1) is 18.1. The predicted molar refractivity (Wildman–Crippen MR) is 103 cm³/mol. The van der Waals surface area contributed by atoms with Crippen molar-refractivity contribution in [2.45, 2.75) is 19.8 Å². The van der Waals surface area contributed by atoms with Crippen molar-refractivity contribution in [3.8, 4) is 0 Å². The van der Waals surface area contributed by atoms with Gasteiger partial charge in [-0.15, -0.1) is 0 Å². The minimum absolute atomic E-state index is 0.298. The highest BCUT2D eigenvalue weighted by Gasteiger charge is 2.21. The Labute approximate surface area is 160 Å². The topological polar surface area (TPSA) is 42.1 Å². The van der Waals surface area contributed by atoms with Crippen LogP contribution in [0.2, 0.25) is 15.1 Å². The number of carbonyl (C=O) groups is 1. The fraction of sp³-hybridized carbons (Fsp3) is 0.211. The second-order valence-corrected chi connectivity index (χ2v) is 6.85. The van der Waals surface area contributed by atoms with E-state index in [1.54, 1.807) is 19.1 Å². The van der Waals surface area contributed by atoms with Gasteiger partial charge in [0.1, 0.15) is 5.69 Å². The standard InChI is InChI=1S/C19H16Cl3NO2/c1-2-25-19(24)18-13(8-7-11-5-3-4-6-14(11)21)17-15(22)9-12(20)10-16(17)23-18/h3-6,9-10,23H,2,7-8H2,1H3. The van der Waals surface area contributed by atoms with Crippen LogP contribution >= 0.6 is 34.8 Å². The summed E-state index contributed by atoms with van der Waals surface area (Å²) >= 11 is 18.7. The van der Waals surface area contributed by atoms with E-state index in [1.807, 2.05) is 24.3 Å². The van der Waals surface area contributed by atoms with E-state index in [9.17, 15) is 4.79 Å². The van der Waals surface area contributed by atoms with Gasteiger partial charge in [-0.25, -0.2) is 4.79 Å². The number of ether oxygens (including phenoxy) is 1. The molecule has 0 saturated carbocycles. The van der Waals surface area contributed by atoms with Crippen molar-refractivity contribution < 1.29 is 9.53 Å². The number of nitrogens with one attached hydrogen (secondary N) is 1. The van der Waals surface area contributed by atoms with Crippen LogP contribution in [0.25, 0.3) is 10.9 Å². The zero-order chi connectivity index (χ0) is 18.0. The third-order valence-corrected chi connectivity index (χ3v) is 4.88. The van der Waals surface area contributed by atoms with Crippen LogP contribution in [0.3, 0.4) is 0 Å². The van der Waals surface area contributed by atoms with Crippen LogP contribution in [-0.4, -0.2) is 17.6 Å². The number of esters is 1. The van der Waals surface area contributed by atoms with E-state index in [1.165, 1.54) is 0 Å². The Bertz CT molecular complexity index is 934. The lowest BCUT2D eigenvalue weighted by molar-refractivity contribution is 0.0519. The Kier molecular flexibility index (Phi) is 5.57. The molecule has 0 saturated heterocycles. The zero-order valence-electron chi connectivity index (χ0n) is 13.5. The molecule has 0 atom stereocenters. The summed E-state index contributed by atoms with van der Waals surface area (Å²) in [6, 6.07) is 11.1. The number of aryl methyl sites for hydroxylation is 2. The minimum atomic E-state index is -0.403. The number of hydrogen-bond donors (Lipinski definition) is 1. The molecule has 0 radical (unpaired) electrons. The molecule has 1 aromatic heterocycles. The lowest BCUT2D eigenvalue weighted by Gasteiger charge is -2.07.